The van der Waals surface area contributed by atoms with Crippen LogP contribution in [0, 0.1) is 0 Å². The van der Waals surface area contributed by atoms with Crippen LogP contribution in [0.4, 0.5) is 0 Å². The van der Waals surface area contributed by atoms with E-state index in [0.717, 1.165) is 16.5 Å². The van der Waals surface area contributed by atoms with Gasteiger partial charge in [0.15, 0.2) is 0 Å². The number of nitrogens with two attached hydrogens (primary N) is 1. The smallest absolute Gasteiger partial charge is 0.267 e. The summed E-state index contributed by atoms with van der Waals surface area (Å²) in [5.74, 6) is -0.620. The molecule has 7 nitrogen and oxygen atoms in total. The second-order valence-electron chi connectivity index (χ2n) is 7.84. The van der Waals surface area contributed by atoms with Crippen LogP contribution in [-0.4, -0.2) is 33.7 Å². The molecule has 0 aliphatic carbocycles. The summed E-state index contributed by atoms with van der Waals surface area (Å²) in [6.07, 6.45) is 1.69. The van der Waals surface area contributed by atoms with Crippen molar-refractivity contribution in [3.8, 4) is 0 Å². The number of carbonyl (C=O) groups excluding carboxylic acids is 2. The number of carbonyl (C=O) groups is 2. The summed E-state index contributed by atoms with van der Waals surface area (Å²) in [5, 5.41) is 4.25. The third-order valence-corrected chi connectivity index (χ3v) is 5.39. The fourth-order valence-corrected chi connectivity index (χ4v) is 3.66. The molecule has 1 unspecified atom stereocenters. The average Bonchev–Trinajstić information content (AvgIpc) is 2.84. The first kappa shape index (κ1) is 22.1. The number of hydrogen-bond acceptors (Lipinski definition) is 5. The van der Waals surface area contributed by atoms with Gasteiger partial charge in [-0.1, -0.05) is 48.5 Å². The van der Waals surface area contributed by atoms with Gasteiger partial charge in [0.2, 0.25) is 5.91 Å². The van der Waals surface area contributed by atoms with E-state index in [9.17, 15) is 9.59 Å². The lowest BCUT2D eigenvalue weighted by molar-refractivity contribution is -0.133. The van der Waals surface area contributed by atoms with Gasteiger partial charge in [0.25, 0.3) is 5.91 Å². The van der Waals surface area contributed by atoms with Gasteiger partial charge in [-0.05, 0) is 41.5 Å². The third kappa shape index (κ3) is 5.39. The highest BCUT2D eigenvalue weighted by atomic mass is 16.2. The van der Waals surface area contributed by atoms with E-state index in [1.54, 1.807) is 24.2 Å². The lowest BCUT2D eigenvalue weighted by Crippen LogP contribution is -2.38. The molecule has 2 aromatic heterocycles. The highest BCUT2D eigenvalue weighted by molar-refractivity contribution is 5.93. The summed E-state index contributed by atoms with van der Waals surface area (Å²) in [5.41, 5.74) is 8.95. The van der Waals surface area contributed by atoms with Crippen LogP contribution in [0.2, 0.25) is 0 Å². The average molecular weight is 440 g/mol. The molecule has 0 saturated heterocycles. The molecule has 4 rings (SSSR count). The second kappa shape index (κ2) is 10.0. The lowest BCUT2D eigenvalue weighted by Gasteiger charge is -2.24. The summed E-state index contributed by atoms with van der Waals surface area (Å²) in [6, 6.07) is 24.0. The number of fused-ring (bicyclic) bond motifs is 1. The van der Waals surface area contributed by atoms with Crippen molar-refractivity contribution in [1.82, 2.24) is 20.2 Å². The molecular weight excluding hydrogens is 414 g/mol. The van der Waals surface area contributed by atoms with Crippen molar-refractivity contribution in [1.29, 1.82) is 0 Å². The molecule has 2 amide bonds. The van der Waals surface area contributed by atoms with Crippen molar-refractivity contribution in [3.05, 3.63) is 108 Å². The molecule has 2 aromatic carbocycles. The molecule has 0 fully saturated rings. The monoisotopic (exact) mass is 439 g/mol. The number of likely N-dealkylation sites (N-methyl/N-ethyl adjacent to an activating group) is 1. The Labute approximate surface area is 192 Å². The molecule has 166 valence electrons. The molecule has 4 aromatic rings. The molecule has 1 atom stereocenters. The number of nitrogens with zero attached hydrogens (tertiary/aromatic N) is 3. The molecule has 33 heavy (non-hydrogen) atoms. The Morgan fingerprint density at radius 1 is 0.970 bits per heavy atom. The number of aromatic nitrogens is 2. The van der Waals surface area contributed by atoms with Gasteiger partial charge in [-0.15, -0.1) is 0 Å². The zero-order valence-electron chi connectivity index (χ0n) is 18.3. The zero-order valence-corrected chi connectivity index (χ0v) is 18.3. The first-order valence-corrected chi connectivity index (χ1v) is 10.6. The van der Waals surface area contributed by atoms with E-state index in [1.165, 1.54) is 0 Å². The topological polar surface area (TPSA) is 101 Å². The molecule has 0 aliphatic heterocycles. The Hall–Kier alpha value is -4.10. The number of amides is 2. The summed E-state index contributed by atoms with van der Waals surface area (Å²) < 4.78 is 0. The number of rotatable bonds is 8. The van der Waals surface area contributed by atoms with Crippen LogP contribution in [0.1, 0.15) is 33.4 Å². The second-order valence-corrected chi connectivity index (χ2v) is 7.84. The van der Waals surface area contributed by atoms with Crippen LogP contribution in [0.5, 0.6) is 0 Å². The minimum Gasteiger partial charge on any atom is -0.364 e. The van der Waals surface area contributed by atoms with Crippen LogP contribution in [0.15, 0.2) is 85.1 Å². The van der Waals surface area contributed by atoms with E-state index < -0.39 is 11.9 Å². The van der Waals surface area contributed by atoms with Crippen LogP contribution < -0.4 is 11.1 Å². The number of pyridine rings is 2. The van der Waals surface area contributed by atoms with E-state index in [2.05, 4.69) is 15.3 Å². The van der Waals surface area contributed by atoms with Gasteiger partial charge in [-0.2, -0.15) is 0 Å². The number of primary amides is 1. The van der Waals surface area contributed by atoms with Crippen LogP contribution in [0.25, 0.3) is 10.9 Å². The Morgan fingerprint density at radius 2 is 1.76 bits per heavy atom. The van der Waals surface area contributed by atoms with Gasteiger partial charge in [0.05, 0.1) is 11.2 Å². The quantitative estimate of drug-likeness (QED) is 0.439. The SMILES string of the molecule is CN(Cc1ccccc1)C(=O)C(NCc1ccc2nc(C(N)=O)ccc2c1)c1ccccn1. The molecule has 0 bridgehead atoms. The third-order valence-electron chi connectivity index (χ3n) is 5.39. The van der Waals surface area contributed by atoms with Gasteiger partial charge in [-0.3, -0.25) is 19.9 Å². The highest BCUT2D eigenvalue weighted by Gasteiger charge is 2.24. The maximum Gasteiger partial charge on any atom is 0.267 e. The Bertz CT molecular complexity index is 1260. The molecule has 0 spiro atoms. The van der Waals surface area contributed by atoms with Gasteiger partial charge in [-0.25, -0.2) is 4.98 Å². The Kier molecular flexibility index (Phi) is 6.71. The van der Waals surface area contributed by atoms with Crippen molar-refractivity contribution < 1.29 is 9.59 Å². The van der Waals surface area contributed by atoms with E-state index in [-0.39, 0.29) is 11.6 Å². The number of hydrogen-bond donors (Lipinski definition) is 2. The molecule has 7 heteroatoms. The zero-order chi connectivity index (χ0) is 23.2. The fraction of sp³-hybridized carbons (Fsp3) is 0.154. The number of nitrogens with one attached hydrogen (secondary N) is 1. The largest absolute Gasteiger partial charge is 0.364 e. The van der Waals surface area contributed by atoms with Crippen molar-refractivity contribution in [3.63, 3.8) is 0 Å². The molecule has 3 N–H and O–H groups in total. The van der Waals surface area contributed by atoms with Crippen molar-refractivity contribution in [2.45, 2.75) is 19.1 Å². The van der Waals surface area contributed by atoms with Crippen LogP contribution in [-0.2, 0) is 17.9 Å². The minimum atomic E-state index is -0.592. The van der Waals surface area contributed by atoms with Crippen LogP contribution >= 0.6 is 0 Å². The van der Waals surface area contributed by atoms with E-state index in [0.29, 0.717) is 24.3 Å². The first-order valence-electron chi connectivity index (χ1n) is 10.6. The van der Waals surface area contributed by atoms with E-state index in [1.807, 2.05) is 72.8 Å². The Morgan fingerprint density at radius 3 is 2.48 bits per heavy atom. The van der Waals surface area contributed by atoms with E-state index in [4.69, 9.17) is 5.73 Å². The minimum absolute atomic E-state index is 0.0638. The highest BCUT2D eigenvalue weighted by Crippen LogP contribution is 2.18. The summed E-state index contributed by atoms with van der Waals surface area (Å²) in [4.78, 5) is 35.1. The number of benzene rings is 2. The normalized spacial score (nSPS) is 11.8. The van der Waals surface area contributed by atoms with Gasteiger partial charge in [0.1, 0.15) is 11.7 Å². The predicted molar refractivity (Wildman–Crippen MR) is 127 cm³/mol. The standard InChI is InChI=1S/C26H25N5O2/c1-31(17-18-7-3-2-4-8-18)26(33)24(22-9-5-6-14-28-22)29-16-19-10-12-21-20(15-19)11-13-23(30-21)25(27)32/h2-15,24,29H,16-17H2,1H3,(H2,27,32). The van der Waals surface area contributed by atoms with Crippen molar-refractivity contribution in [2.75, 3.05) is 7.05 Å². The van der Waals surface area contributed by atoms with Gasteiger partial charge >= 0.3 is 0 Å². The first-order chi connectivity index (χ1) is 16.0. The maximum atomic E-state index is 13.4. The molecular formula is C26H25N5O2. The Balaban J connectivity index is 1.52. The molecule has 0 radical (unpaired) electrons. The summed E-state index contributed by atoms with van der Waals surface area (Å²) >= 11 is 0. The summed E-state index contributed by atoms with van der Waals surface area (Å²) in [7, 11) is 1.80. The molecule has 0 aliphatic rings. The van der Waals surface area contributed by atoms with Crippen LogP contribution in [0.3, 0.4) is 0 Å². The van der Waals surface area contributed by atoms with Crippen molar-refractivity contribution >= 4 is 22.7 Å². The molecule has 0 saturated carbocycles. The van der Waals surface area contributed by atoms with E-state index >= 15 is 0 Å². The fourth-order valence-electron chi connectivity index (χ4n) is 3.66. The van der Waals surface area contributed by atoms with Gasteiger partial charge in [0, 0.05) is 31.7 Å². The summed E-state index contributed by atoms with van der Waals surface area (Å²) in [6.45, 7) is 0.966. The maximum absolute atomic E-state index is 13.4. The molecule has 2 heterocycles. The predicted octanol–water partition coefficient (Wildman–Crippen LogP) is 3.22. The lowest BCUT2D eigenvalue weighted by atomic mass is 10.1. The van der Waals surface area contributed by atoms with Crippen molar-refractivity contribution in [2.24, 2.45) is 5.73 Å². The van der Waals surface area contributed by atoms with Gasteiger partial charge < -0.3 is 10.6 Å².